The van der Waals surface area contributed by atoms with Crippen LogP contribution in [0.15, 0.2) is 60.2 Å². The summed E-state index contributed by atoms with van der Waals surface area (Å²) in [4.78, 5) is 12.3. The Morgan fingerprint density at radius 2 is 1.70 bits per heavy atom. The molecule has 0 amide bonds. The number of ketones is 1. The molecular formula is C18H13NO. The summed E-state index contributed by atoms with van der Waals surface area (Å²) < 4.78 is 0. The first-order valence-corrected chi connectivity index (χ1v) is 6.58. The SMILES string of the molecule is N#CC(CC1=Cc2ccccc2C1=O)c1ccccc1. The molecule has 1 aliphatic rings. The van der Waals surface area contributed by atoms with E-state index < -0.39 is 0 Å². The number of rotatable bonds is 3. The summed E-state index contributed by atoms with van der Waals surface area (Å²) in [5, 5.41) is 9.35. The Kier molecular flexibility index (Phi) is 3.18. The van der Waals surface area contributed by atoms with Gasteiger partial charge in [-0.05, 0) is 23.6 Å². The molecule has 0 heterocycles. The van der Waals surface area contributed by atoms with E-state index in [4.69, 9.17) is 0 Å². The van der Waals surface area contributed by atoms with Crippen LogP contribution in [0.3, 0.4) is 0 Å². The van der Waals surface area contributed by atoms with E-state index in [1.807, 2.05) is 60.7 Å². The van der Waals surface area contributed by atoms with Gasteiger partial charge >= 0.3 is 0 Å². The standard InChI is InChI=1S/C18H13NO/c19-12-16(13-6-2-1-3-7-13)11-15-10-14-8-4-5-9-17(14)18(15)20/h1-10,16H,11H2. The Bertz CT molecular complexity index is 723. The van der Waals surface area contributed by atoms with Crippen molar-refractivity contribution < 1.29 is 4.79 Å². The van der Waals surface area contributed by atoms with Crippen molar-refractivity contribution in [2.24, 2.45) is 0 Å². The lowest BCUT2D eigenvalue weighted by molar-refractivity contribution is 0.103. The lowest BCUT2D eigenvalue weighted by atomic mass is 9.92. The molecule has 2 heteroatoms. The van der Waals surface area contributed by atoms with Crippen molar-refractivity contribution in [3.05, 3.63) is 76.9 Å². The van der Waals surface area contributed by atoms with Crippen LogP contribution in [0.5, 0.6) is 0 Å². The van der Waals surface area contributed by atoms with Crippen molar-refractivity contribution in [1.82, 2.24) is 0 Å². The third-order valence-corrected chi connectivity index (χ3v) is 3.61. The average Bonchev–Trinajstić information content (AvgIpc) is 2.82. The summed E-state index contributed by atoms with van der Waals surface area (Å²) in [5.74, 6) is -0.225. The van der Waals surface area contributed by atoms with E-state index in [2.05, 4.69) is 6.07 Å². The van der Waals surface area contributed by atoms with Gasteiger partial charge in [-0.15, -0.1) is 0 Å². The van der Waals surface area contributed by atoms with Crippen LogP contribution >= 0.6 is 0 Å². The highest BCUT2D eigenvalue weighted by molar-refractivity contribution is 6.17. The van der Waals surface area contributed by atoms with Gasteiger partial charge in [-0.3, -0.25) is 4.79 Å². The van der Waals surface area contributed by atoms with Crippen molar-refractivity contribution in [2.75, 3.05) is 0 Å². The molecule has 0 aromatic heterocycles. The van der Waals surface area contributed by atoms with Gasteiger partial charge in [0.1, 0.15) is 0 Å². The Hall–Kier alpha value is -2.66. The van der Waals surface area contributed by atoms with E-state index in [0.29, 0.717) is 6.42 Å². The Morgan fingerprint density at radius 3 is 2.40 bits per heavy atom. The molecule has 2 aromatic carbocycles. The summed E-state index contributed by atoms with van der Waals surface area (Å²) in [6.45, 7) is 0. The van der Waals surface area contributed by atoms with Crippen molar-refractivity contribution in [1.29, 1.82) is 5.26 Å². The molecule has 2 aromatic rings. The largest absolute Gasteiger partial charge is 0.289 e. The molecule has 1 aliphatic carbocycles. The van der Waals surface area contributed by atoms with Gasteiger partial charge in [-0.25, -0.2) is 0 Å². The third-order valence-electron chi connectivity index (χ3n) is 3.61. The molecule has 0 spiro atoms. The van der Waals surface area contributed by atoms with Crippen LogP contribution in [-0.2, 0) is 0 Å². The van der Waals surface area contributed by atoms with Crippen molar-refractivity contribution in [2.45, 2.75) is 12.3 Å². The Morgan fingerprint density at radius 1 is 1.00 bits per heavy atom. The lowest BCUT2D eigenvalue weighted by Crippen LogP contribution is -2.04. The molecule has 0 radical (unpaired) electrons. The molecule has 1 atom stereocenters. The normalized spacial score (nSPS) is 14.3. The molecule has 2 nitrogen and oxygen atoms in total. The number of hydrogen-bond acceptors (Lipinski definition) is 2. The fourth-order valence-electron chi connectivity index (χ4n) is 2.55. The summed E-state index contributed by atoms with van der Waals surface area (Å²) >= 11 is 0. The molecule has 0 aliphatic heterocycles. The number of benzene rings is 2. The van der Waals surface area contributed by atoms with Gasteiger partial charge in [-0.2, -0.15) is 5.26 Å². The maximum atomic E-state index is 12.3. The molecule has 0 N–H and O–H groups in total. The Labute approximate surface area is 118 Å². The zero-order valence-corrected chi connectivity index (χ0v) is 10.9. The first-order chi connectivity index (χ1) is 9.79. The summed E-state index contributed by atoms with van der Waals surface area (Å²) in [6, 6.07) is 19.5. The predicted molar refractivity (Wildman–Crippen MR) is 78.2 cm³/mol. The minimum absolute atomic E-state index is 0.0526. The number of carbonyl (C=O) groups excluding carboxylic acids is 1. The molecule has 1 unspecified atom stereocenters. The number of allylic oxidation sites excluding steroid dienone is 1. The summed E-state index contributed by atoms with van der Waals surface area (Å²) in [7, 11) is 0. The van der Waals surface area contributed by atoms with Gasteiger partial charge in [0.15, 0.2) is 5.78 Å². The predicted octanol–water partition coefficient (Wildman–Crippen LogP) is 3.96. The minimum Gasteiger partial charge on any atom is -0.289 e. The monoisotopic (exact) mass is 259 g/mol. The smallest absolute Gasteiger partial charge is 0.189 e. The second kappa shape index (κ2) is 5.14. The van der Waals surface area contributed by atoms with Crippen LogP contribution in [0, 0.1) is 11.3 Å². The van der Waals surface area contributed by atoms with E-state index in [1.54, 1.807) is 0 Å². The average molecular weight is 259 g/mol. The van der Waals surface area contributed by atoms with Crippen LogP contribution in [0.1, 0.15) is 33.8 Å². The minimum atomic E-state index is -0.277. The van der Waals surface area contributed by atoms with Gasteiger partial charge < -0.3 is 0 Å². The van der Waals surface area contributed by atoms with Crippen LogP contribution < -0.4 is 0 Å². The molecule has 3 rings (SSSR count). The first-order valence-electron chi connectivity index (χ1n) is 6.58. The van der Waals surface area contributed by atoms with E-state index in [-0.39, 0.29) is 11.7 Å². The highest BCUT2D eigenvalue weighted by Crippen LogP contribution is 2.31. The van der Waals surface area contributed by atoms with Crippen LogP contribution in [0.4, 0.5) is 0 Å². The molecule has 0 saturated carbocycles. The van der Waals surface area contributed by atoms with E-state index in [1.165, 1.54) is 0 Å². The fraction of sp³-hybridized carbons (Fsp3) is 0.111. The van der Waals surface area contributed by atoms with E-state index in [9.17, 15) is 10.1 Å². The maximum absolute atomic E-state index is 12.3. The third kappa shape index (κ3) is 2.15. The van der Waals surface area contributed by atoms with Crippen molar-refractivity contribution >= 4 is 11.9 Å². The van der Waals surface area contributed by atoms with Gasteiger partial charge in [-0.1, -0.05) is 54.6 Å². The van der Waals surface area contributed by atoms with Crippen molar-refractivity contribution in [3.8, 4) is 6.07 Å². The number of nitriles is 1. The topological polar surface area (TPSA) is 40.9 Å². The maximum Gasteiger partial charge on any atom is 0.189 e. The van der Waals surface area contributed by atoms with Gasteiger partial charge in [0.05, 0.1) is 12.0 Å². The molecular weight excluding hydrogens is 246 g/mol. The number of nitrogens with zero attached hydrogens (tertiary/aromatic N) is 1. The van der Waals surface area contributed by atoms with Crippen LogP contribution in [0.2, 0.25) is 0 Å². The summed E-state index contributed by atoms with van der Waals surface area (Å²) in [6.07, 6.45) is 2.37. The van der Waals surface area contributed by atoms with Gasteiger partial charge in [0.25, 0.3) is 0 Å². The lowest BCUT2D eigenvalue weighted by Gasteiger charge is -2.09. The quantitative estimate of drug-likeness (QED) is 0.837. The Balaban J connectivity index is 1.86. The first kappa shape index (κ1) is 12.4. The highest BCUT2D eigenvalue weighted by atomic mass is 16.1. The molecule has 0 bridgehead atoms. The second-order valence-electron chi connectivity index (χ2n) is 4.88. The number of Topliss-reactive ketones (excluding diaryl/α,β-unsaturated/α-hetero) is 1. The van der Waals surface area contributed by atoms with Gasteiger partial charge in [0.2, 0.25) is 0 Å². The van der Waals surface area contributed by atoms with E-state index >= 15 is 0 Å². The summed E-state index contributed by atoms with van der Waals surface area (Å²) in [5.41, 5.74) is 3.38. The molecule has 0 fully saturated rings. The van der Waals surface area contributed by atoms with Crippen LogP contribution in [-0.4, -0.2) is 5.78 Å². The number of hydrogen-bond donors (Lipinski definition) is 0. The molecule has 0 saturated heterocycles. The molecule has 96 valence electrons. The van der Waals surface area contributed by atoms with E-state index in [0.717, 1.165) is 22.3 Å². The number of carbonyl (C=O) groups is 1. The van der Waals surface area contributed by atoms with Crippen molar-refractivity contribution in [3.63, 3.8) is 0 Å². The molecule has 20 heavy (non-hydrogen) atoms. The second-order valence-corrected chi connectivity index (χ2v) is 4.88. The number of fused-ring (bicyclic) bond motifs is 1. The zero-order valence-electron chi connectivity index (χ0n) is 10.9. The fourth-order valence-corrected chi connectivity index (χ4v) is 2.55. The zero-order chi connectivity index (χ0) is 13.9. The van der Waals surface area contributed by atoms with Crippen LogP contribution in [0.25, 0.3) is 6.08 Å². The van der Waals surface area contributed by atoms with Gasteiger partial charge in [0, 0.05) is 11.1 Å². The highest BCUT2D eigenvalue weighted by Gasteiger charge is 2.24.